The highest BCUT2D eigenvalue weighted by Gasteiger charge is 2.21. The molecule has 1 amide bonds. The molecular weight excluding hydrogens is 324 g/mol. The van der Waals surface area contributed by atoms with Gasteiger partial charge in [-0.1, -0.05) is 17.7 Å². The molecule has 0 radical (unpaired) electrons. The molecule has 0 heterocycles. The standard InChI is InChI=1S/C15H11ClN2O5/c1-8-12(16)3-2-4-13(8)17-14(19)11-7-9(18(22)23)5-6-10(11)15(20)21/h2-7H,1H3,(H,17,19)(H,20,21). The zero-order chi connectivity index (χ0) is 17.1. The van der Waals surface area contributed by atoms with E-state index in [9.17, 15) is 19.7 Å². The lowest BCUT2D eigenvalue weighted by atomic mass is 10.1. The number of non-ortho nitro benzene ring substituents is 1. The molecule has 23 heavy (non-hydrogen) atoms. The van der Waals surface area contributed by atoms with E-state index in [4.69, 9.17) is 16.7 Å². The Morgan fingerprint density at radius 2 is 1.91 bits per heavy atom. The minimum Gasteiger partial charge on any atom is -0.478 e. The van der Waals surface area contributed by atoms with Crippen LogP contribution >= 0.6 is 11.6 Å². The number of rotatable bonds is 4. The van der Waals surface area contributed by atoms with Crippen LogP contribution in [0, 0.1) is 17.0 Å². The number of nitrogens with zero attached hydrogens (tertiary/aromatic N) is 1. The van der Waals surface area contributed by atoms with E-state index in [1.54, 1.807) is 25.1 Å². The van der Waals surface area contributed by atoms with Crippen LogP contribution in [0.3, 0.4) is 0 Å². The topological polar surface area (TPSA) is 110 Å². The molecule has 0 atom stereocenters. The van der Waals surface area contributed by atoms with Gasteiger partial charge >= 0.3 is 5.97 Å². The first kappa shape index (κ1) is 16.4. The molecule has 0 aliphatic heterocycles. The molecule has 2 rings (SSSR count). The molecule has 2 N–H and O–H groups in total. The van der Waals surface area contributed by atoms with Crippen molar-refractivity contribution in [3.8, 4) is 0 Å². The fourth-order valence-corrected chi connectivity index (χ4v) is 2.13. The Morgan fingerprint density at radius 3 is 2.52 bits per heavy atom. The molecule has 0 saturated heterocycles. The van der Waals surface area contributed by atoms with Crippen molar-refractivity contribution in [2.75, 3.05) is 5.32 Å². The summed E-state index contributed by atoms with van der Waals surface area (Å²) in [4.78, 5) is 33.7. The van der Waals surface area contributed by atoms with Gasteiger partial charge in [0, 0.05) is 22.8 Å². The van der Waals surface area contributed by atoms with Crippen molar-refractivity contribution in [2.45, 2.75) is 6.92 Å². The zero-order valence-electron chi connectivity index (χ0n) is 11.9. The van der Waals surface area contributed by atoms with E-state index in [2.05, 4.69) is 5.32 Å². The van der Waals surface area contributed by atoms with Gasteiger partial charge in [0.05, 0.1) is 16.1 Å². The minimum absolute atomic E-state index is 0.300. The molecule has 0 bridgehead atoms. The van der Waals surface area contributed by atoms with E-state index in [1.165, 1.54) is 0 Å². The Hall–Kier alpha value is -2.93. The number of nitro benzene ring substituents is 1. The largest absolute Gasteiger partial charge is 0.478 e. The maximum absolute atomic E-state index is 12.3. The SMILES string of the molecule is Cc1c(Cl)cccc1NC(=O)c1cc([N+](=O)[O-])ccc1C(=O)O. The molecule has 2 aromatic rings. The molecule has 2 aromatic carbocycles. The van der Waals surface area contributed by atoms with Crippen LogP contribution in [-0.2, 0) is 0 Å². The van der Waals surface area contributed by atoms with Gasteiger partial charge in [0.1, 0.15) is 0 Å². The molecule has 0 aromatic heterocycles. The number of nitrogens with one attached hydrogen (secondary N) is 1. The summed E-state index contributed by atoms with van der Waals surface area (Å²) in [7, 11) is 0. The highest BCUT2D eigenvalue weighted by atomic mass is 35.5. The minimum atomic E-state index is -1.35. The average molecular weight is 335 g/mol. The van der Waals surface area contributed by atoms with Crippen LogP contribution in [0.15, 0.2) is 36.4 Å². The van der Waals surface area contributed by atoms with Crippen molar-refractivity contribution >= 4 is 34.9 Å². The maximum Gasteiger partial charge on any atom is 0.336 e. The van der Waals surface area contributed by atoms with Crippen molar-refractivity contribution in [1.29, 1.82) is 0 Å². The molecule has 118 valence electrons. The first-order valence-corrected chi connectivity index (χ1v) is 6.77. The summed E-state index contributed by atoms with van der Waals surface area (Å²) in [6, 6.07) is 7.85. The number of anilines is 1. The van der Waals surface area contributed by atoms with E-state index in [0.717, 1.165) is 18.2 Å². The molecule has 0 unspecified atom stereocenters. The van der Waals surface area contributed by atoms with Gasteiger partial charge in [-0.3, -0.25) is 14.9 Å². The van der Waals surface area contributed by atoms with Gasteiger partial charge < -0.3 is 10.4 Å². The van der Waals surface area contributed by atoms with Crippen molar-refractivity contribution in [2.24, 2.45) is 0 Å². The van der Waals surface area contributed by atoms with Gasteiger partial charge in [-0.25, -0.2) is 4.79 Å². The van der Waals surface area contributed by atoms with Crippen molar-refractivity contribution in [1.82, 2.24) is 0 Å². The van der Waals surface area contributed by atoms with Crippen molar-refractivity contribution < 1.29 is 19.6 Å². The summed E-state index contributed by atoms with van der Waals surface area (Å²) >= 11 is 5.96. The van der Waals surface area contributed by atoms with Crippen LogP contribution in [0.1, 0.15) is 26.3 Å². The van der Waals surface area contributed by atoms with Crippen molar-refractivity contribution in [3.63, 3.8) is 0 Å². The van der Waals surface area contributed by atoms with Gasteiger partial charge in [0.25, 0.3) is 11.6 Å². The third-order valence-corrected chi connectivity index (χ3v) is 3.61. The first-order chi connectivity index (χ1) is 10.8. The molecule has 0 saturated carbocycles. The third-order valence-electron chi connectivity index (χ3n) is 3.20. The number of carboxylic acids is 1. The summed E-state index contributed by atoms with van der Waals surface area (Å²) in [5, 5.41) is 22.9. The molecule has 0 aliphatic carbocycles. The smallest absolute Gasteiger partial charge is 0.336 e. The van der Waals surface area contributed by atoms with Gasteiger partial charge in [-0.05, 0) is 30.7 Å². The van der Waals surface area contributed by atoms with E-state index in [1.807, 2.05) is 0 Å². The number of carbonyl (C=O) groups is 2. The normalized spacial score (nSPS) is 10.2. The second kappa shape index (κ2) is 6.45. The Balaban J connectivity index is 2.45. The monoisotopic (exact) mass is 334 g/mol. The number of aromatic carboxylic acids is 1. The van der Waals surface area contributed by atoms with Crippen LogP contribution in [0.25, 0.3) is 0 Å². The number of benzene rings is 2. The van der Waals surface area contributed by atoms with Gasteiger partial charge in [0.15, 0.2) is 0 Å². The van der Waals surface area contributed by atoms with Crippen LogP contribution < -0.4 is 5.32 Å². The zero-order valence-corrected chi connectivity index (χ0v) is 12.6. The number of amides is 1. The van der Waals surface area contributed by atoms with Crippen LogP contribution in [0.2, 0.25) is 5.02 Å². The number of carbonyl (C=O) groups excluding carboxylic acids is 1. The van der Waals surface area contributed by atoms with E-state index in [-0.39, 0.29) is 16.8 Å². The predicted molar refractivity (Wildman–Crippen MR) is 84.2 cm³/mol. The van der Waals surface area contributed by atoms with Gasteiger partial charge in [0.2, 0.25) is 0 Å². The van der Waals surface area contributed by atoms with E-state index >= 15 is 0 Å². The number of carboxylic acid groups (broad SMARTS) is 1. The summed E-state index contributed by atoms with van der Waals surface area (Å²) < 4.78 is 0. The number of hydrogen-bond donors (Lipinski definition) is 2. The molecular formula is C15H11ClN2O5. The van der Waals surface area contributed by atoms with Crippen molar-refractivity contribution in [3.05, 3.63) is 68.2 Å². The summed E-state index contributed by atoms with van der Waals surface area (Å²) in [5.41, 5.74) is -0.00279. The van der Waals surface area contributed by atoms with Crippen LogP contribution in [-0.4, -0.2) is 21.9 Å². The number of nitro groups is 1. The van der Waals surface area contributed by atoms with E-state index in [0.29, 0.717) is 16.3 Å². The fourth-order valence-electron chi connectivity index (χ4n) is 1.95. The summed E-state index contributed by atoms with van der Waals surface area (Å²) in [6.45, 7) is 1.68. The lowest BCUT2D eigenvalue weighted by Crippen LogP contribution is -2.17. The summed E-state index contributed by atoms with van der Waals surface area (Å²) in [6.07, 6.45) is 0. The highest BCUT2D eigenvalue weighted by Crippen LogP contribution is 2.25. The van der Waals surface area contributed by atoms with Crippen LogP contribution in [0.4, 0.5) is 11.4 Å². The maximum atomic E-state index is 12.3. The predicted octanol–water partition coefficient (Wildman–Crippen LogP) is 3.51. The lowest BCUT2D eigenvalue weighted by molar-refractivity contribution is -0.384. The second-order valence-electron chi connectivity index (χ2n) is 4.66. The second-order valence-corrected chi connectivity index (χ2v) is 5.07. The third kappa shape index (κ3) is 3.46. The molecule has 0 fully saturated rings. The Morgan fingerprint density at radius 1 is 1.22 bits per heavy atom. The number of hydrogen-bond acceptors (Lipinski definition) is 4. The summed E-state index contributed by atoms with van der Waals surface area (Å²) in [5.74, 6) is -2.12. The number of halogens is 1. The first-order valence-electron chi connectivity index (χ1n) is 6.39. The quantitative estimate of drug-likeness (QED) is 0.656. The molecule has 8 heteroatoms. The lowest BCUT2D eigenvalue weighted by Gasteiger charge is -2.11. The van der Waals surface area contributed by atoms with Gasteiger partial charge in [-0.2, -0.15) is 0 Å². The molecule has 7 nitrogen and oxygen atoms in total. The van der Waals surface area contributed by atoms with E-state index < -0.39 is 16.8 Å². The average Bonchev–Trinajstić information content (AvgIpc) is 2.51. The Bertz CT molecular complexity index is 820. The highest BCUT2D eigenvalue weighted by molar-refractivity contribution is 6.31. The Kier molecular flexibility index (Phi) is 4.61. The van der Waals surface area contributed by atoms with Gasteiger partial charge in [-0.15, -0.1) is 0 Å². The fraction of sp³-hybridized carbons (Fsp3) is 0.0667. The molecule has 0 spiro atoms. The molecule has 0 aliphatic rings. The van der Waals surface area contributed by atoms with Crippen LogP contribution in [0.5, 0.6) is 0 Å². The Labute approximate surface area is 135 Å².